The lowest BCUT2D eigenvalue weighted by molar-refractivity contribution is 0.459. The Labute approximate surface area is 185 Å². The Hall–Kier alpha value is -1.55. The van der Waals surface area contributed by atoms with E-state index in [1.165, 1.54) is 11.2 Å². The molecule has 0 unspecified atom stereocenters. The zero-order chi connectivity index (χ0) is 18.7. The summed E-state index contributed by atoms with van der Waals surface area (Å²) in [4.78, 5) is 11.2. The van der Waals surface area contributed by atoms with Gasteiger partial charge in [0, 0.05) is 50.6 Å². The van der Waals surface area contributed by atoms with Gasteiger partial charge in [-0.2, -0.15) is 0 Å². The molecular formula is C19H26BrIN6. The number of nitrogens with zero attached hydrogens (tertiary/aromatic N) is 5. The van der Waals surface area contributed by atoms with Gasteiger partial charge in [-0.25, -0.2) is 4.98 Å². The summed E-state index contributed by atoms with van der Waals surface area (Å²) >= 11 is 3.52. The van der Waals surface area contributed by atoms with Crippen LogP contribution in [0.25, 0.3) is 11.0 Å². The molecule has 8 heteroatoms. The predicted octanol–water partition coefficient (Wildman–Crippen LogP) is 3.77. The molecule has 0 spiro atoms. The third-order valence-corrected chi connectivity index (χ3v) is 4.94. The average molecular weight is 545 g/mol. The van der Waals surface area contributed by atoms with E-state index in [0.717, 1.165) is 41.4 Å². The highest BCUT2D eigenvalue weighted by molar-refractivity contribution is 14.0. The van der Waals surface area contributed by atoms with Crippen LogP contribution in [0.5, 0.6) is 0 Å². The number of benzene rings is 1. The molecule has 3 aromatic rings. The first-order valence-corrected chi connectivity index (χ1v) is 9.43. The number of nitrogens with one attached hydrogen (secondary N) is 1. The van der Waals surface area contributed by atoms with Crippen LogP contribution in [0.15, 0.2) is 46.0 Å². The SMILES string of the molecule is CN=C(NCCn1c(C)nc2ccccc21)N(C)Cc1cc(Br)cn1C.I. The number of aromatic nitrogens is 3. The lowest BCUT2D eigenvalue weighted by atomic mass is 10.3. The van der Waals surface area contributed by atoms with Crippen molar-refractivity contribution in [2.75, 3.05) is 20.6 Å². The number of hydrogen-bond acceptors (Lipinski definition) is 2. The van der Waals surface area contributed by atoms with Crippen molar-refractivity contribution >= 4 is 56.9 Å². The van der Waals surface area contributed by atoms with Crippen LogP contribution in [0.2, 0.25) is 0 Å². The normalized spacial score (nSPS) is 11.5. The van der Waals surface area contributed by atoms with Gasteiger partial charge in [-0.15, -0.1) is 24.0 Å². The molecule has 0 bridgehead atoms. The minimum absolute atomic E-state index is 0. The maximum atomic E-state index is 4.62. The largest absolute Gasteiger partial charge is 0.354 e. The minimum atomic E-state index is 0. The van der Waals surface area contributed by atoms with E-state index in [1.54, 1.807) is 0 Å². The predicted molar refractivity (Wildman–Crippen MR) is 126 cm³/mol. The Kier molecular flexibility index (Phi) is 7.72. The van der Waals surface area contributed by atoms with Crippen LogP contribution in [-0.2, 0) is 20.1 Å². The van der Waals surface area contributed by atoms with Gasteiger partial charge in [-0.3, -0.25) is 4.99 Å². The van der Waals surface area contributed by atoms with Gasteiger partial charge in [0.2, 0.25) is 0 Å². The van der Waals surface area contributed by atoms with Gasteiger partial charge >= 0.3 is 0 Å². The maximum Gasteiger partial charge on any atom is 0.193 e. The van der Waals surface area contributed by atoms with Gasteiger partial charge in [0.1, 0.15) is 5.82 Å². The summed E-state index contributed by atoms with van der Waals surface area (Å²) in [7, 11) is 5.92. The summed E-state index contributed by atoms with van der Waals surface area (Å²) in [6, 6.07) is 10.4. The lowest BCUT2D eigenvalue weighted by Crippen LogP contribution is -2.40. The van der Waals surface area contributed by atoms with Crippen LogP contribution < -0.4 is 5.32 Å². The van der Waals surface area contributed by atoms with Crippen molar-refractivity contribution in [2.24, 2.45) is 12.0 Å². The van der Waals surface area contributed by atoms with Crippen molar-refractivity contribution in [3.8, 4) is 0 Å². The average Bonchev–Trinajstić information content (AvgIpc) is 3.09. The number of rotatable bonds is 5. The molecule has 0 amide bonds. The van der Waals surface area contributed by atoms with Gasteiger partial charge in [-0.05, 0) is 41.1 Å². The summed E-state index contributed by atoms with van der Waals surface area (Å²) in [5.41, 5.74) is 3.43. The molecule has 0 saturated heterocycles. The molecule has 2 heterocycles. The van der Waals surface area contributed by atoms with E-state index in [2.05, 4.69) is 82.8 Å². The van der Waals surface area contributed by atoms with Crippen LogP contribution in [0.4, 0.5) is 0 Å². The second-order valence-corrected chi connectivity index (χ2v) is 7.31. The summed E-state index contributed by atoms with van der Waals surface area (Å²) in [5.74, 6) is 1.91. The molecule has 3 rings (SSSR count). The Balaban J connectivity index is 0.00000261. The highest BCUT2D eigenvalue weighted by Crippen LogP contribution is 2.16. The fraction of sp³-hybridized carbons (Fsp3) is 0.368. The van der Waals surface area contributed by atoms with Crippen molar-refractivity contribution < 1.29 is 0 Å². The molecule has 146 valence electrons. The monoisotopic (exact) mass is 544 g/mol. The van der Waals surface area contributed by atoms with Crippen molar-refractivity contribution in [3.63, 3.8) is 0 Å². The van der Waals surface area contributed by atoms with Gasteiger partial charge in [0.15, 0.2) is 5.96 Å². The molecule has 0 aliphatic carbocycles. The molecule has 2 aromatic heterocycles. The van der Waals surface area contributed by atoms with E-state index >= 15 is 0 Å². The standard InChI is InChI=1S/C19H25BrN6.HI/c1-14-23-17-7-5-6-8-18(17)26(14)10-9-22-19(21-2)25(4)13-16-11-15(20)12-24(16)3;/h5-8,11-12H,9-10,13H2,1-4H3,(H,21,22);1H. The number of aliphatic imine (C=N–C) groups is 1. The maximum absolute atomic E-state index is 4.62. The van der Waals surface area contributed by atoms with Crippen LogP contribution in [-0.4, -0.2) is 45.6 Å². The molecule has 0 fully saturated rings. The van der Waals surface area contributed by atoms with Crippen LogP contribution in [0.3, 0.4) is 0 Å². The van der Waals surface area contributed by atoms with E-state index in [9.17, 15) is 0 Å². The number of fused-ring (bicyclic) bond motifs is 1. The molecule has 0 aliphatic heterocycles. The Morgan fingerprint density at radius 3 is 2.74 bits per heavy atom. The summed E-state index contributed by atoms with van der Waals surface area (Å²) in [6.45, 7) is 4.47. The van der Waals surface area contributed by atoms with E-state index in [1.807, 2.05) is 27.1 Å². The molecule has 0 aliphatic rings. The van der Waals surface area contributed by atoms with Crippen molar-refractivity contribution in [1.82, 2.24) is 24.3 Å². The van der Waals surface area contributed by atoms with Crippen molar-refractivity contribution in [2.45, 2.75) is 20.0 Å². The van der Waals surface area contributed by atoms with Gasteiger partial charge in [-0.1, -0.05) is 12.1 Å². The van der Waals surface area contributed by atoms with Crippen molar-refractivity contribution in [3.05, 3.63) is 52.5 Å². The highest BCUT2D eigenvalue weighted by Gasteiger charge is 2.10. The first-order chi connectivity index (χ1) is 12.5. The smallest absolute Gasteiger partial charge is 0.193 e. The summed E-state index contributed by atoms with van der Waals surface area (Å²) in [6.07, 6.45) is 2.06. The number of halogens is 2. The molecular weight excluding hydrogens is 519 g/mol. The quantitative estimate of drug-likeness (QED) is 0.302. The summed E-state index contributed by atoms with van der Waals surface area (Å²) < 4.78 is 5.45. The van der Waals surface area contributed by atoms with E-state index < -0.39 is 0 Å². The zero-order valence-electron chi connectivity index (χ0n) is 16.1. The lowest BCUT2D eigenvalue weighted by Gasteiger charge is -2.22. The van der Waals surface area contributed by atoms with Gasteiger partial charge < -0.3 is 19.4 Å². The number of imidazole rings is 1. The fourth-order valence-electron chi connectivity index (χ4n) is 3.18. The first kappa shape index (κ1) is 21.7. The topological polar surface area (TPSA) is 50.4 Å². The molecule has 0 atom stereocenters. The zero-order valence-corrected chi connectivity index (χ0v) is 20.0. The Bertz CT molecular complexity index is 930. The molecule has 1 aromatic carbocycles. The van der Waals surface area contributed by atoms with Gasteiger partial charge in [0.25, 0.3) is 0 Å². The molecule has 0 radical (unpaired) electrons. The third-order valence-electron chi connectivity index (χ3n) is 4.51. The fourth-order valence-corrected chi connectivity index (χ4v) is 3.76. The first-order valence-electron chi connectivity index (χ1n) is 8.64. The molecule has 0 saturated carbocycles. The third kappa shape index (κ3) is 5.04. The minimum Gasteiger partial charge on any atom is -0.354 e. The summed E-state index contributed by atoms with van der Waals surface area (Å²) in [5, 5.41) is 3.45. The molecule has 1 N–H and O–H groups in total. The van der Waals surface area contributed by atoms with Crippen LogP contribution in [0, 0.1) is 6.92 Å². The molecule has 6 nitrogen and oxygen atoms in total. The van der Waals surface area contributed by atoms with Gasteiger partial charge in [0.05, 0.1) is 17.6 Å². The number of guanidine groups is 1. The van der Waals surface area contributed by atoms with Crippen LogP contribution >= 0.6 is 39.9 Å². The highest BCUT2D eigenvalue weighted by atomic mass is 127. The second-order valence-electron chi connectivity index (χ2n) is 6.39. The Morgan fingerprint density at radius 2 is 2.07 bits per heavy atom. The molecule has 27 heavy (non-hydrogen) atoms. The number of aryl methyl sites for hydroxylation is 2. The Morgan fingerprint density at radius 1 is 1.33 bits per heavy atom. The second kappa shape index (κ2) is 9.59. The van der Waals surface area contributed by atoms with E-state index in [-0.39, 0.29) is 24.0 Å². The van der Waals surface area contributed by atoms with E-state index in [4.69, 9.17) is 0 Å². The van der Waals surface area contributed by atoms with Crippen molar-refractivity contribution in [1.29, 1.82) is 0 Å². The van der Waals surface area contributed by atoms with E-state index in [0.29, 0.717) is 0 Å². The number of hydrogen-bond donors (Lipinski definition) is 1. The van der Waals surface area contributed by atoms with Crippen LogP contribution in [0.1, 0.15) is 11.5 Å². The number of para-hydroxylation sites is 2.